The van der Waals surface area contributed by atoms with Crippen LogP contribution in [0.2, 0.25) is 0 Å². The van der Waals surface area contributed by atoms with Crippen LogP contribution in [0.5, 0.6) is 0 Å². The van der Waals surface area contributed by atoms with E-state index in [9.17, 15) is 8.42 Å². The van der Waals surface area contributed by atoms with Gasteiger partial charge in [0.2, 0.25) is 0 Å². The number of likely N-dealkylation sites (tertiary alicyclic amines) is 1. The van der Waals surface area contributed by atoms with Crippen molar-refractivity contribution in [2.24, 2.45) is 16.8 Å². The van der Waals surface area contributed by atoms with Crippen LogP contribution in [0.15, 0.2) is 22.5 Å². The fraction of sp³-hybridized carbons (Fsp3) is 0.722. The number of thiophene rings is 1. The average molecular weight is 527 g/mol. The Labute approximate surface area is 184 Å². The van der Waals surface area contributed by atoms with Gasteiger partial charge in [0, 0.05) is 31.1 Å². The number of rotatable bonds is 5. The molecule has 3 unspecified atom stereocenters. The minimum atomic E-state index is -2.82. The zero-order valence-corrected chi connectivity index (χ0v) is 20.0. The van der Waals surface area contributed by atoms with Crippen LogP contribution in [-0.2, 0) is 9.84 Å². The zero-order valence-electron chi connectivity index (χ0n) is 16.1. The summed E-state index contributed by atoms with van der Waals surface area (Å²) in [7, 11) is 1.16. The highest BCUT2D eigenvalue weighted by molar-refractivity contribution is 14.0. The van der Waals surface area contributed by atoms with E-state index < -0.39 is 9.84 Å². The fourth-order valence-electron chi connectivity index (χ4n) is 4.10. The molecule has 9 heteroatoms. The maximum absolute atomic E-state index is 11.6. The van der Waals surface area contributed by atoms with Crippen LogP contribution < -0.4 is 10.6 Å². The summed E-state index contributed by atoms with van der Waals surface area (Å²) in [5, 5.41) is 8.93. The topological polar surface area (TPSA) is 73.8 Å². The first kappa shape index (κ1) is 22.9. The first-order chi connectivity index (χ1) is 12.5. The van der Waals surface area contributed by atoms with Crippen molar-refractivity contribution in [3.63, 3.8) is 0 Å². The third kappa shape index (κ3) is 6.30. The van der Waals surface area contributed by atoms with Crippen LogP contribution >= 0.6 is 35.3 Å². The fourth-order valence-corrected chi connectivity index (χ4v) is 6.95. The number of piperidine rings is 1. The van der Waals surface area contributed by atoms with E-state index in [0.29, 0.717) is 30.0 Å². The number of aliphatic imine (C=N–C) groups is 1. The maximum atomic E-state index is 11.6. The van der Waals surface area contributed by atoms with Crippen LogP contribution in [0.4, 0.5) is 0 Å². The van der Waals surface area contributed by atoms with E-state index >= 15 is 0 Å². The van der Waals surface area contributed by atoms with Crippen molar-refractivity contribution in [2.45, 2.75) is 25.3 Å². The number of sulfone groups is 1. The highest BCUT2D eigenvalue weighted by Gasteiger charge is 2.31. The molecule has 0 spiro atoms. The van der Waals surface area contributed by atoms with Crippen molar-refractivity contribution >= 4 is 51.1 Å². The van der Waals surface area contributed by atoms with E-state index in [0.717, 1.165) is 25.5 Å². The molecule has 0 bridgehead atoms. The molecule has 3 rings (SSSR count). The molecule has 2 saturated heterocycles. The molecule has 2 N–H and O–H groups in total. The molecule has 0 aromatic carbocycles. The Kier molecular flexibility index (Phi) is 8.82. The summed E-state index contributed by atoms with van der Waals surface area (Å²) in [6, 6.07) is 4.82. The molecule has 3 heterocycles. The predicted octanol–water partition coefficient (Wildman–Crippen LogP) is 2.35. The van der Waals surface area contributed by atoms with Gasteiger partial charge in [0.1, 0.15) is 0 Å². The van der Waals surface area contributed by atoms with Gasteiger partial charge in [-0.25, -0.2) is 8.42 Å². The summed E-state index contributed by atoms with van der Waals surface area (Å²) >= 11 is 1.83. The molecular weight excluding hydrogens is 495 g/mol. The summed E-state index contributed by atoms with van der Waals surface area (Å²) in [6.07, 6.45) is 3.18. The van der Waals surface area contributed by atoms with Crippen molar-refractivity contribution in [2.75, 3.05) is 45.2 Å². The van der Waals surface area contributed by atoms with Crippen molar-refractivity contribution in [3.8, 4) is 0 Å². The van der Waals surface area contributed by atoms with E-state index in [4.69, 9.17) is 0 Å². The van der Waals surface area contributed by atoms with Crippen LogP contribution in [0.25, 0.3) is 0 Å². The first-order valence-corrected chi connectivity index (χ1v) is 12.1. The van der Waals surface area contributed by atoms with E-state index in [1.807, 2.05) is 11.3 Å². The molecule has 6 nitrogen and oxygen atoms in total. The Morgan fingerprint density at radius 2 is 2.11 bits per heavy atom. The molecular formula is C18H31IN4O2S2. The van der Waals surface area contributed by atoms with Gasteiger partial charge in [0.15, 0.2) is 15.8 Å². The average Bonchev–Trinajstić information content (AvgIpc) is 3.24. The Bertz CT molecular complexity index is 709. The lowest BCUT2D eigenvalue weighted by atomic mass is 9.88. The number of halogens is 1. The van der Waals surface area contributed by atoms with Gasteiger partial charge in [-0.15, -0.1) is 35.3 Å². The van der Waals surface area contributed by atoms with Crippen LogP contribution in [0.1, 0.15) is 30.2 Å². The monoisotopic (exact) mass is 526 g/mol. The lowest BCUT2D eigenvalue weighted by Crippen LogP contribution is -2.45. The van der Waals surface area contributed by atoms with E-state index in [-0.39, 0.29) is 29.9 Å². The lowest BCUT2D eigenvalue weighted by Gasteiger charge is -2.39. The van der Waals surface area contributed by atoms with Gasteiger partial charge in [-0.3, -0.25) is 9.89 Å². The summed E-state index contributed by atoms with van der Waals surface area (Å²) < 4.78 is 23.2. The van der Waals surface area contributed by atoms with Gasteiger partial charge in [-0.2, -0.15) is 0 Å². The molecule has 2 aliphatic rings. The highest BCUT2D eigenvalue weighted by atomic mass is 127. The van der Waals surface area contributed by atoms with Gasteiger partial charge in [-0.05, 0) is 56.1 Å². The van der Waals surface area contributed by atoms with Crippen molar-refractivity contribution in [1.29, 1.82) is 0 Å². The molecule has 0 radical (unpaired) electrons. The Morgan fingerprint density at radius 3 is 2.74 bits per heavy atom. The number of guanidine groups is 1. The van der Waals surface area contributed by atoms with Gasteiger partial charge in [-0.1, -0.05) is 6.07 Å². The molecule has 0 aliphatic carbocycles. The summed E-state index contributed by atoms with van der Waals surface area (Å²) in [5.74, 6) is 2.12. The molecule has 3 atom stereocenters. The standard InChI is InChI=1S/C18H30N4O2S2.HI/c1-19-18(20-11-14-7-10-26(23,24)13-14)21-12-15-5-3-8-22(2)17(15)16-6-4-9-25-16;/h4,6,9,14-15,17H,3,5,7-8,10-13H2,1-2H3,(H2,19,20,21);1H. The summed E-state index contributed by atoms with van der Waals surface area (Å²) in [6.45, 7) is 2.68. The minimum absolute atomic E-state index is 0. The molecule has 1 aromatic rings. The molecule has 2 fully saturated rings. The first-order valence-electron chi connectivity index (χ1n) is 9.37. The highest BCUT2D eigenvalue weighted by Crippen LogP contribution is 2.36. The summed E-state index contributed by atoms with van der Waals surface area (Å²) in [4.78, 5) is 8.20. The van der Waals surface area contributed by atoms with Gasteiger partial charge in [0.25, 0.3) is 0 Å². The quantitative estimate of drug-likeness (QED) is 0.350. The van der Waals surface area contributed by atoms with Crippen LogP contribution in [0.3, 0.4) is 0 Å². The van der Waals surface area contributed by atoms with Crippen molar-refractivity contribution < 1.29 is 8.42 Å². The number of hydrogen-bond donors (Lipinski definition) is 2. The second-order valence-corrected chi connectivity index (χ2v) is 10.7. The van der Waals surface area contributed by atoms with Gasteiger partial charge in [0.05, 0.1) is 11.5 Å². The Balaban J connectivity index is 0.00000261. The molecule has 0 saturated carbocycles. The lowest BCUT2D eigenvalue weighted by molar-refractivity contribution is 0.125. The molecule has 0 amide bonds. The minimum Gasteiger partial charge on any atom is -0.356 e. The molecule has 1 aromatic heterocycles. The maximum Gasteiger partial charge on any atom is 0.190 e. The zero-order chi connectivity index (χ0) is 18.6. The van der Waals surface area contributed by atoms with Gasteiger partial charge < -0.3 is 10.6 Å². The normalized spacial score (nSPS) is 28.5. The molecule has 27 heavy (non-hydrogen) atoms. The van der Waals surface area contributed by atoms with Crippen molar-refractivity contribution in [1.82, 2.24) is 15.5 Å². The van der Waals surface area contributed by atoms with Crippen molar-refractivity contribution in [3.05, 3.63) is 22.4 Å². The number of hydrogen-bond acceptors (Lipinski definition) is 5. The Hall–Kier alpha value is -0.390. The SMILES string of the molecule is CN=C(NCC1CCS(=O)(=O)C1)NCC1CCCN(C)C1c1cccs1.I. The van der Waals surface area contributed by atoms with E-state index in [1.165, 1.54) is 17.7 Å². The third-order valence-corrected chi connectivity index (χ3v) is 8.26. The second-order valence-electron chi connectivity index (χ2n) is 7.45. The smallest absolute Gasteiger partial charge is 0.190 e. The van der Waals surface area contributed by atoms with Gasteiger partial charge >= 0.3 is 0 Å². The van der Waals surface area contributed by atoms with E-state index in [1.54, 1.807) is 7.05 Å². The Morgan fingerprint density at radius 1 is 1.33 bits per heavy atom. The van der Waals surface area contributed by atoms with E-state index in [2.05, 4.69) is 45.1 Å². The second kappa shape index (κ2) is 10.4. The number of nitrogens with one attached hydrogen (secondary N) is 2. The molecule has 154 valence electrons. The van der Waals surface area contributed by atoms with Crippen LogP contribution in [0, 0.1) is 11.8 Å². The largest absolute Gasteiger partial charge is 0.356 e. The number of nitrogens with zero attached hydrogens (tertiary/aromatic N) is 2. The predicted molar refractivity (Wildman–Crippen MR) is 124 cm³/mol. The third-order valence-electron chi connectivity index (χ3n) is 5.48. The molecule has 2 aliphatic heterocycles. The summed E-state index contributed by atoms with van der Waals surface area (Å²) in [5.41, 5.74) is 0. The van der Waals surface area contributed by atoms with Crippen LogP contribution in [-0.4, -0.2) is 64.5 Å².